The number of nitrogens with one attached hydrogen (secondary N) is 1. The van der Waals surface area contributed by atoms with Crippen LogP contribution in [0.1, 0.15) is 24.1 Å². The number of hydrogen-bond acceptors (Lipinski definition) is 1. The summed E-state index contributed by atoms with van der Waals surface area (Å²) in [6.45, 7) is 2.96. The molecule has 1 atom stereocenters. The van der Waals surface area contributed by atoms with E-state index in [4.69, 9.17) is 0 Å². The Balaban J connectivity index is 2.29. The molecule has 1 unspecified atom stereocenters. The molecule has 1 nitrogen and oxygen atoms in total. The van der Waals surface area contributed by atoms with Crippen LogP contribution >= 0.6 is 38.5 Å². The third-order valence-electron chi connectivity index (χ3n) is 3.11. The molecule has 106 valence electrons. The van der Waals surface area contributed by atoms with E-state index in [9.17, 15) is 4.39 Å². The largest absolute Gasteiger partial charge is 0.310 e. The summed E-state index contributed by atoms with van der Waals surface area (Å²) in [6, 6.07) is 13.3. The fourth-order valence-electron chi connectivity index (χ4n) is 2.22. The van der Waals surface area contributed by atoms with Crippen molar-refractivity contribution in [3.8, 4) is 0 Å². The van der Waals surface area contributed by atoms with Gasteiger partial charge in [-0.15, -0.1) is 0 Å². The van der Waals surface area contributed by atoms with Gasteiger partial charge >= 0.3 is 0 Å². The van der Waals surface area contributed by atoms with Gasteiger partial charge in [-0.25, -0.2) is 4.39 Å². The standard InChI is InChI=1S/C16H16BrFIN/c1-2-20-16(9-11-4-3-5-12(18)8-11)14-10-13(19)6-7-15(14)17/h3-8,10,16,20H,2,9H2,1H3. The third-order valence-corrected chi connectivity index (χ3v) is 4.51. The van der Waals surface area contributed by atoms with Gasteiger partial charge in [-0.2, -0.15) is 0 Å². The maximum Gasteiger partial charge on any atom is 0.123 e. The Morgan fingerprint density at radius 1 is 1.25 bits per heavy atom. The molecule has 0 bridgehead atoms. The van der Waals surface area contributed by atoms with Crippen LogP contribution in [0, 0.1) is 9.39 Å². The Morgan fingerprint density at radius 2 is 2.05 bits per heavy atom. The van der Waals surface area contributed by atoms with Gasteiger partial charge in [-0.05, 0) is 77.0 Å². The van der Waals surface area contributed by atoms with E-state index in [1.165, 1.54) is 15.2 Å². The molecule has 0 saturated heterocycles. The number of hydrogen-bond donors (Lipinski definition) is 1. The van der Waals surface area contributed by atoms with Gasteiger partial charge in [0.05, 0.1) is 0 Å². The van der Waals surface area contributed by atoms with Gasteiger partial charge in [0.25, 0.3) is 0 Å². The topological polar surface area (TPSA) is 12.0 Å². The minimum atomic E-state index is -0.181. The molecule has 0 aliphatic heterocycles. The summed E-state index contributed by atoms with van der Waals surface area (Å²) in [5.74, 6) is -0.181. The fourth-order valence-corrected chi connectivity index (χ4v) is 3.26. The maximum absolute atomic E-state index is 13.3. The second-order valence-corrected chi connectivity index (χ2v) is 6.71. The molecular formula is C16H16BrFIN. The van der Waals surface area contributed by atoms with Crippen molar-refractivity contribution in [2.75, 3.05) is 6.54 Å². The van der Waals surface area contributed by atoms with E-state index >= 15 is 0 Å². The molecule has 20 heavy (non-hydrogen) atoms. The molecule has 2 aromatic rings. The zero-order valence-corrected chi connectivity index (χ0v) is 14.9. The van der Waals surface area contributed by atoms with Crippen molar-refractivity contribution < 1.29 is 4.39 Å². The van der Waals surface area contributed by atoms with E-state index < -0.39 is 0 Å². The molecule has 0 aromatic heterocycles. The minimum absolute atomic E-state index is 0.172. The molecule has 2 aromatic carbocycles. The summed E-state index contributed by atoms with van der Waals surface area (Å²) in [5, 5.41) is 3.48. The summed E-state index contributed by atoms with van der Waals surface area (Å²) in [5.41, 5.74) is 2.21. The molecule has 0 aliphatic carbocycles. The first-order chi connectivity index (χ1) is 9.60. The third kappa shape index (κ3) is 4.27. The van der Waals surface area contributed by atoms with Crippen LogP contribution in [0.4, 0.5) is 4.39 Å². The Morgan fingerprint density at radius 3 is 2.75 bits per heavy atom. The predicted molar refractivity (Wildman–Crippen MR) is 93.4 cm³/mol. The molecule has 0 radical (unpaired) electrons. The van der Waals surface area contributed by atoms with Gasteiger partial charge in [0.2, 0.25) is 0 Å². The second kappa shape index (κ2) is 7.52. The normalized spacial score (nSPS) is 12.4. The van der Waals surface area contributed by atoms with Gasteiger partial charge in [-0.1, -0.05) is 35.0 Å². The van der Waals surface area contributed by atoms with Gasteiger partial charge in [0, 0.05) is 14.1 Å². The van der Waals surface area contributed by atoms with E-state index in [1.54, 1.807) is 12.1 Å². The predicted octanol–water partition coefficient (Wildman–Crippen LogP) is 5.09. The molecule has 0 amide bonds. The zero-order chi connectivity index (χ0) is 14.5. The van der Waals surface area contributed by atoms with Gasteiger partial charge < -0.3 is 5.32 Å². The average molecular weight is 448 g/mol. The molecular weight excluding hydrogens is 432 g/mol. The van der Waals surface area contributed by atoms with E-state index in [2.05, 4.69) is 69.0 Å². The van der Waals surface area contributed by atoms with Crippen LogP contribution in [0.5, 0.6) is 0 Å². The summed E-state index contributed by atoms with van der Waals surface area (Å²) < 4.78 is 15.6. The van der Waals surface area contributed by atoms with Crippen LogP contribution < -0.4 is 5.32 Å². The molecule has 4 heteroatoms. The second-order valence-electron chi connectivity index (χ2n) is 4.61. The maximum atomic E-state index is 13.3. The van der Waals surface area contributed by atoms with Crippen molar-refractivity contribution in [1.82, 2.24) is 5.32 Å². The molecule has 0 heterocycles. The summed E-state index contributed by atoms with van der Waals surface area (Å²) in [7, 11) is 0. The van der Waals surface area contributed by atoms with Crippen LogP contribution in [0.3, 0.4) is 0 Å². The van der Waals surface area contributed by atoms with Gasteiger partial charge in [0.15, 0.2) is 0 Å². The SMILES string of the molecule is CCNC(Cc1cccc(F)c1)c1cc(I)ccc1Br. The zero-order valence-electron chi connectivity index (χ0n) is 11.2. The Bertz CT molecular complexity index is 588. The van der Waals surface area contributed by atoms with Crippen LogP contribution in [0.25, 0.3) is 0 Å². The quantitative estimate of drug-likeness (QED) is 0.629. The first kappa shape index (κ1) is 15.9. The highest BCUT2D eigenvalue weighted by Gasteiger charge is 2.15. The Hall–Kier alpha value is -0.460. The van der Waals surface area contributed by atoms with Crippen molar-refractivity contribution in [3.63, 3.8) is 0 Å². The lowest BCUT2D eigenvalue weighted by atomic mass is 9.99. The van der Waals surface area contributed by atoms with Crippen molar-refractivity contribution in [1.29, 1.82) is 0 Å². The number of rotatable bonds is 5. The van der Waals surface area contributed by atoms with E-state index in [-0.39, 0.29) is 11.9 Å². The molecule has 1 N–H and O–H groups in total. The number of likely N-dealkylation sites (N-methyl/N-ethyl adjacent to an activating group) is 1. The smallest absolute Gasteiger partial charge is 0.123 e. The lowest BCUT2D eigenvalue weighted by molar-refractivity contribution is 0.544. The van der Waals surface area contributed by atoms with Crippen molar-refractivity contribution in [3.05, 3.63) is 67.5 Å². The first-order valence-corrected chi connectivity index (χ1v) is 8.40. The molecule has 0 aliphatic rings. The molecule has 0 fully saturated rings. The van der Waals surface area contributed by atoms with Gasteiger partial charge in [-0.3, -0.25) is 0 Å². The molecule has 2 rings (SSSR count). The first-order valence-electron chi connectivity index (χ1n) is 6.53. The Labute approximate surface area is 141 Å². The van der Waals surface area contributed by atoms with Crippen LogP contribution in [0.2, 0.25) is 0 Å². The highest BCUT2D eigenvalue weighted by atomic mass is 127. The number of benzene rings is 2. The van der Waals surface area contributed by atoms with E-state index in [0.29, 0.717) is 0 Å². The molecule has 0 saturated carbocycles. The summed E-state index contributed by atoms with van der Waals surface area (Å²) >= 11 is 5.92. The molecule has 0 spiro atoms. The lowest BCUT2D eigenvalue weighted by Gasteiger charge is -2.20. The average Bonchev–Trinajstić information content (AvgIpc) is 2.41. The lowest BCUT2D eigenvalue weighted by Crippen LogP contribution is -2.23. The fraction of sp³-hybridized carbons (Fsp3) is 0.250. The van der Waals surface area contributed by atoms with E-state index in [0.717, 1.165) is 23.0 Å². The highest BCUT2D eigenvalue weighted by Crippen LogP contribution is 2.28. The monoisotopic (exact) mass is 447 g/mol. The van der Waals surface area contributed by atoms with Crippen molar-refractivity contribution in [2.24, 2.45) is 0 Å². The van der Waals surface area contributed by atoms with Crippen LogP contribution in [-0.2, 0) is 6.42 Å². The van der Waals surface area contributed by atoms with Crippen LogP contribution in [0.15, 0.2) is 46.9 Å². The summed E-state index contributed by atoms with van der Waals surface area (Å²) in [6.07, 6.45) is 0.768. The Kier molecular flexibility index (Phi) is 5.99. The van der Waals surface area contributed by atoms with Crippen molar-refractivity contribution in [2.45, 2.75) is 19.4 Å². The minimum Gasteiger partial charge on any atom is -0.310 e. The highest BCUT2D eigenvalue weighted by molar-refractivity contribution is 14.1. The van der Waals surface area contributed by atoms with E-state index in [1.807, 2.05) is 6.07 Å². The summed E-state index contributed by atoms with van der Waals surface area (Å²) in [4.78, 5) is 0. The van der Waals surface area contributed by atoms with Crippen molar-refractivity contribution >= 4 is 38.5 Å². The van der Waals surface area contributed by atoms with Gasteiger partial charge in [0.1, 0.15) is 5.82 Å². The van der Waals surface area contributed by atoms with Crippen LogP contribution in [-0.4, -0.2) is 6.54 Å². The number of halogens is 3.